The zero-order valence-electron chi connectivity index (χ0n) is 14.2. The number of aromatic nitrogens is 2. The lowest BCUT2D eigenvalue weighted by atomic mass is 10.2. The molecule has 1 amide bonds. The van der Waals surface area contributed by atoms with Crippen LogP contribution in [0.5, 0.6) is 0 Å². The van der Waals surface area contributed by atoms with Crippen molar-refractivity contribution in [3.8, 4) is 11.4 Å². The topological polar surface area (TPSA) is 46.9 Å². The number of rotatable bonds is 4. The number of fused-ring (bicyclic) bond motifs is 1. The van der Waals surface area contributed by atoms with E-state index in [4.69, 9.17) is 11.6 Å². The molecule has 0 aliphatic rings. The molecule has 0 unspecified atom stereocenters. The van der Waals surface area contributed by atoms with Crippen molar-refractivity contribution in [1.82, 2.24) is 9.55 Å². The highest BCUT2D eigenvalue weighted by molar-refractivity contribution is 6.30. The van der Waals surface area contributed by atoms with E-state index in [0.29, 0.717) is 16.5 Å². The minimum Gasteiger partial charge on any atom is -0.324 e. The number of amides is 1. The lowest BCUT2D eigenvalue weighted by Crippen LogP contribution is -2.19. The van der Waals surface area contributed by atoms with Crippen LogP contribution in [0.2, 0.25) is 5.02 Å². The highest BCUT2D eigenvalue weighted by Gasteiger charge is 2.15. The number of para-hydroxylation sites is 2. The first-order valence-electron chi connectivity index (χ1n) is 8.37. The zero-order valence-corrected chi connectivity index (χ0v) is 14.9. The fraction of sp³-hybridized carbons (Fsp3) is 0.0476. The van der Waals surface area contributed by atoms with Gasteiger partial charge in [0.1, 0.15) is 18.2 Å². The van der Waals surface area contributed by atoms with Crippen molar-refractivity contribution in [2.45, 2.75) is 6.54 Å². The quantitative estimate of drug-likeness (QED) is 0.534. The van der Waals surface area contributed by atoms with E-state index in [1.165, 1.54) is 12.1 Å². The van der Waals surface area contributed by atoms with Gasteiger partial charge in [-0.05, 0) is 54.6 Å². The summed E-state index contributed by atoms with van der Waals surface area (Å²) in [5, 5.41) is 3.39. The molecule has 0 bridgehead atoms. The van der Waals surface area contributed by atoms with Crippen LogP contribution in [0.25, 0.3) is 22.4 Å². The van der Waals surface area contributed by atoms with Crippen molar-refractivity contribution in [2.75, 3.05) is 5.32 Å². The normalized spacial score (nSPS) is 10.9. The molecule has 0 fully saturated rings. The molecule has 6 heteroatoms. The van der Waals surface area contributed by atoms with Crippen molar-refractivity contribution in [3.05, 3.63) is 83.6 Å². The monoisotopic (exact) mass is 379 g/mol. The summed E-state index contributed by atoms with van der Waals surface area (Å²) in [4.78, 5) is 17.2. The second-order valence-corrected chi connectivity index (χ2v) is 6.51. The van der Waals surface area contributed by atoms with E-state index in [0.717, 1.165) is 16.6 Å². The van der Waals surface area contributed by atoms with Crippen LogP contribution in [0, 0.1) is 5.82 Å². The Labute approximate surface area is 160 Å². The van der Waals surface area contributed by atoms with Crippen LogP contribution in [-0.4, -0.2) is 15.5 Å². The summed E-state index contributed by atoms with van der Waals surface area (Å²) in [5.41, 5.74) is 2.97. The fourth-order valence-corrected chi connectivity index (χ4v) is 3.16. The molecule has 0 saturated heterocycles. The highest BCUT2D eigenvalue weighted by Crippen LogP contribution is 2.25. The number of hydrogen-bond donors (Lipinski definition) is 1. The fourth-order valence-electron chi connectivity index (χ4n) is 2.97. The summed E-state index contributed by atoms with van der Waals surface area (Å²) in [6.07, 6.45) is 0. The molecule has 0 aliphatic carbocycles. The molecule has 1 heterocycles. The van der Waals surface area contributed by atoms with Gasteiger partial charge in [-0.25, -0.2) is 9.37 Å². The summed E-state index contributed by atoms with van der Waals surface area (Å²) in [5.74, 6) is 0.0846. The maximum atomic E-state index is 13.3. The lowest BCUT2D eigenvalue weighted by Gasteiger charge is -2.10. The van der Waals surface area contributed by atoms with Crippen LogP contribution in [0.3, 0.4) is 0 Å². The number of nitrogens with zero attached hydrogens (tertiary/aromatic N) is 2. The summed E-state index contributed by atoms with van der Waals surface area (Å²) in [7, 11) is 0. The Kier molecular flexibility index (Phi) is 4.60. The third kappa shape index (κ3) is 3.68. The molecule has 0 aliphatic heterocycles. The van der Waals surface area contributed by atoms with Crippen LogP contribution < -0.4 is 5.32 Å². The number of benzene rings is 3. The molecule has 4 rings (SSSR count). The Balaban J connectivity index is 1.70. The first kappa shape index (κ1) is 17.2. The predicted molar refractivity (Wildman–Crippen MR) is 105 cm³/mol. The van der Waals surface area contributed by atoms with Gasteiger partial charge in [-0.2, -0.15) is 0 Å². The molecule has 0 atom stereocenters. The zero-order chi connectivity index (χ0) is 18.8. The number of carbonyl (C=O) groups is 1. The van der Waals surface area contributed by atoms with Crippen molar-refractivity contribution in [2.24, 2.45) is 0 Å². The van der Waals surface area contributed by atoms with Crippen LogP contribution in [0.1, 0.15) is 0 Å². The highest BCUT2D eigenvalue weighted by atomic mass is 35.5. The molecule has 134 valence electrons. The van der Waals surface area contributed by atoms with Gasteiger partial charge in [-0.1, -0.05) is 29.8 Å². The minimum atomic E-state index is -0.319. The van der Waals surface area contributed by atoms with E-state index in [-0.39, 0.29) is 18.3 Å². The molecular formula is C21H15ClFN3O. The number of hydrogen-bond acceptors (Lipinski definition) is 2. The molecule has 4 aromatic rings. The Morgan fingerprint density at radius 1 is 1.04 bits per heavy atom. The molecule has 0 spiro atoms. The van der Waals surface area contributed by atoms with Gasteiger partial charge in [-0.15, -0.1) is 0 Å². The molecule has 27 heavy (non-hydrogen) atoms. The van der Waals surface area contributed by atoms with Gasteiger partial charge >= 0.3 is 0 Å². The standard InChI is InChI=1S/C21H15ClFN3O/c22-15-4-3-5-17(12-15)24-20(27)13-26-19-7-2-1-6-18(19)25-21(26)14-8-10-16(23)11-9-14/h1-12H,13H2,(H,24,27). The number of halogens is 2. The van der Waals surface area contributed by atoms with Crippen LogP contribution in [0.4, 0.5) is 10.1 Å². The molecule has 4 nitrogen and oxygen atoms in total. The number of carbonyl (C=O) groups excluding carboxylic acids is 1. The van der Waals surface area contributed by atoms with Gasteiger partial charge in [0.25, 0.3) is 0 Å². The third-order valence-corrected chi connectivity index (χ3v) is 4.40. The van der Waals surface area contributed by atoms with E-state index in [1.54, 1.807) is 36.4 Å². The van der Waals surface area contributed by atoms with Gasteiger partial charge in [-0.3, -0.25) is 4.79 Å². The van der Waals surface area contributed by atoms with E-state index in [1.807, 2.05) is 28.8 Å². The summed E-state index contributed by atoms with van der Waals surface area (Å²) >= 11 is 5.97. The van der Waals surface area contributed by atoms with Gasteiger partial charge in [0, 0.05) is 16.3 Å². The largest absolute Gasteiger partial charge is 0.324 e. The van der Waals surface area contributed by atoms with E-state index in [2.05, 4.69) is 10.3 Å². The molecule has 3 aromatic carbocycles. The van der Waals surface area contributed by atoms with Crippen LogP contribution in [-0.2, 0) is 11.3 Å². The van der Waals surface area contributed by atoms with Gasteiger partial charge < -0.3 is 9.88 Å². The van der Waals surface area contributed by atoms with Crippen LogP contribution >= 0.6 is 11.6 Å². The smallest absolute Gasteiger partial charge is 0.244 e. The molecule has 0 saturated carbocycles. The van der Waals surface area contributed by atoms with Gasteiger partial charge in [0.05, 0.1) is 11.0 Å². The minimum absolute atomic E-state index is 0.0692. The van der Waals surface area contributed by atoms with Crippen molar-refractivity contribution in [1.29, 1.82) is 0 Å². The SMILES string of the molecule is O=C(Cn1c(-c2ccc(F)cc2)nc2ccccc21)Nc1cccc(Cl)c1. The van der Waals surface area contributed by atoms with Crippen molar-refractivity contribution >= 4 is 34.2 Å². The van der Waals surface area contributed by atoms with Crippen molar-refractivity contribution in [3.63, 3.8) is 0 Å². The Morgan fingerprint density at radius 3 is 2.59 bits per heavy atom. The first-order valence-corrected chi connectivity index (χ1v) is 8.74. The molecule has 1 aromatic heterocycles. The van der Waals surface area contributed by atoms with Crippen molar-refractivity contribution < 1.29 is 9.18 Å². The Hall–Kier alpha value is -3.18. The second-order valence-electron chi connectivity index (χ2n) is 6.08. The Morgan fingerprint density at radius 2 is 1.81 bits per heavy atom. The number of anilines is 1. The maximum absolute atomic E-state index is 13.3. The summed E-state index contributed by atoms with van der Waals surface area (Å²) < 4.78 is 15.1. The predicted octanol–water partition coefficient (Wildman–Crippen LogP) is 5.13. The first-order chi connectivity index (χ1) is 13.1. The average molecular weight is 380 g/mol. The summed E-state index contributed by atoms with van der Waals surface area (Å²) in [6, 6.07) is 20.6. The van der Waals surface area contributed by atoms with Gasteiger partial charge in [0.2, 0.25) is 5.91 Å². The maximum Gasteiger partial charge on any atom is 0.244 e. The van der Waals surface area contributed by atoms with E-state index < -0.39 is 0 Å². The third-order valence-electron chi connectivity index (χ3n) is 4.17. The number of nitrogens with one attached hydrogen (secondary N) is 1. The Bertz CT molecular complexity index is 1120. The second kappa shape index (κ2) is 7.21. The molecule has 1 N–H and O–H groups in total. The average Bonchev–Trinajstić information content (AvgIpc) is 3.01. The van der Waals surface area contributed by atoms with Crippen LogP contribution in [0.15, 0.2) is 72.8 Å². The lowest BCUT2D eigenvalue weighted by molar-refractivity contribution is -0.116. The van der Waals surface area contributed by atoms with E-state index >= 15 is 0 Å². The molecular weight excluding hydrogens is 365 g/mol. The number of imidazole rings is 1. The van der Waals surface area contributed by atoms with E-state index in [9.17, 15) is 9.18 Å². The van der Waals surface area contributed by atoms with Gasteiger partial charge in [0.15, 0.2) is 0 Å². The molecule has 0 radical (unpaired) electrons. The summed E-state index contributed by atoms with van der Waals surface area (Å²) in [6.45, 7) is 0.0692.